The molecule has 1 aliphatic rings. The molecule has 0 aliphatic heterocycles. The Morgan fingerprint density at radius 3 is 2.62 bits per heavy atom. The van der Waals surface area contributed by atoms with E-state index < -0.39 is 21.9 Å². The van der Waals surface area contributed by atoms with E-state index in [1.807, 2.05) is 6.07 Å². The van der Waals surface area contributed by atoms with Crippen molar-refractivity contribution in [3.8, 4) is 5.75 Å². The van der Waals surface area contributed by atoms with E-state index in [4.69, 9.17) is 4.74 Å². The molecule has 4 nitrogen and oxygen atoms in total. The topological polar surface area (TPSA) is 55.4 Å². The Balaban J connectivity index is 1.88. The first kappa shape index (κ1) is 16.9. The zero-order valence-corrected chi connectivity index (χ0v) is 14.5. The summed E-state index contributed by atoms with van der Waals surface area (Å²) in [6, 6.07) is 9.08. The van der Waals surface area contributed by atoms with Gasteiger partial charge in [0.25, 0.3) is 0 Å². The number of ether oxygens (including phenoxy) is 1. The van der Waals surface area contributed by atoms with Crippen LogP contribution in [0.3, 0.4) is 0 Å². The maximum absolute atomic E-state index is 13.5. The maximum atomic E-state index is 13.5. The predicted molar refractivity (Wildman–Crippen MR) is 90.2 cm³/mol. The van der Waals surface area contributed by atoms with Crippen molar-refractivity contribution >= 4 is 10.0 Å². The molecule has 0 fully saturated rings. The van der Waals surface area contributed by atoms with Gasteiger partial charge in [-0.1, -0.05) is 18.2 Å². The summed E-state index contributed by atoms with van der Waals surface area (Å²) >= 11 is 0. The van der Waals surface area contributed by atoms with E-state index in [1.165, 1.54) is 30.4 Å². The van der Waals surface area contributed by atoms with Crippen LogP contribution in [0.5, 0.6) is 5.75 Å². The summed E-state index contributed by atoms with van der Waals surface area (Å²) in [6.45, 7) is 1.78. The van der Waals surface area contributed by atoms with Crippen LogP contribution < -0.4 is 9.46 Å². The minimum Gasteiger partial charge on any atom is -0.495 e. The molecule has 1 atom stereocenters. The second kappa shape index (κ2) is 6.53. The summed E-state index contributed by atoms with van der Waals surface area (Å²) in [4.78, 5) is -0.196. The van der Waals surface area contributed by atoms with Crippen molar-refractivity contribution in [1.29, 1.82) is 0 Å². The molecule has 24 heavy (non-hydrogen) atoms. The molecule has 0 amide bonds. The number of fused-ring (bicyclic) bond motifs is 1. The number of rotatable bonds is 5. The molecule has 0 bridgehead atoms. The molecule has 1 N–H and O–H groups in total. The highest BCUT2D eigenvalue weighted by Gasteiger charge is 2.24. The fourth-order valence-corrected chi connectivity index (χ4v) is 4.50. The molecule has 6 heteroatoms. The smallest absolute Gasteiger partial charge is 0.244 e. The lowest BCUT2D eigenvalue weighted by atomic mass is 10.0. The average Bonchev–Trinajstić information content (AvgIpc) is 3.02. The Morgan fingerprint density at radius 1 is 1.12 bits per heavy atom. The number of nitrogens with one attached hydrogen (secondary N) is 1. The molecular formula is C18H20FNO3S. The van der Waals surface area contributed by atoms with Crippen molar-refractivity contribution in [2.24, 2.45) is 0 Å². The SMILES string of the molecule is COc1ccc(F)cc1S(=O)(=O)N[C@@H](C)c1ccc2c(c1)CCC2. The summed E-state index contributed by atoms with van der Waals surface area (Å²) in [5, 5.41) is 0. The number of aryl methyl sites for hydroxylation is 2. The molecule has 0 unspecified atom stereocenters. The van der Waals surface area contributed by atoms with Gasteiger partial charge in [0.1, 0.15) is 16.5 Å². The molecule has 2 aromatic carbocycles. The van der Waals surface area contributed by atoms with Crippen molar-refractivity contribution in [2.75, 3.05) is 7.11 Å². The summed E-state index contributed by atoms with van der Waals surface area (Å²) in [6.07, 6.45) is 3.25. The molecule has 3 rings (SSSR count). The second-order valence-corrected chi connectivity index (χ2v) is 7.70. The number of hydrogen-bond donors (Lipinski definition) is 1. The number of hydrogen-bond acceptors (Lipinski definition) is 3. The van der Waals surface area contributed by atoms with Gasteiger partial charge in [0.05, 0.1) is 7.11 Å². The molecule has 1 aliphatic carbocycles. The van der Waals surface area contributed by atoms with Crippen LogP contribution in [0.1, 0.15) is 36.1 Å². The first-order valence-electron chi connectivity index (χ1n) is 7.88. The number of methoxy groups -OCH3 is 1. The summed E-state index contributed by atoms with van der Waals surface area (Å²) < 4.78 is 46.4. The lowest BCUT2D eigenvalue weighted by Crippen LogP contribution is -2.27. The summed E-state index contributed by atoms with van der Waals surface area (Å²) in [7, 11) is -2.54. The van der Waals surface area contributed by atoms with Crippen LogP contribution in [-0.4, -0.2) is 15.5 Å². The normalized spacial score (nSPS) is 15.1. The molecule has 2 aromatic rings. The van der Waals surface area contributed by atoms with E-state index in [9.17, 15) is 12.8 Å². The van der Waals surface area contributed by atoms with Crippen molar-refractivity contribution in [3.63, 3.8) is 0 Å². The first-order chi connectivity index (χ1) is 11.4. The van der Waals surface area contributed by atoms with Crippen molar-refractivity contribution < 1.29 is 17.5 Å². The molecule has 0 radical (unpaired) electrons. The van der Waals surface area contributed by atoms with Crippen LogP contribution in [0.2, 0.25) is 0 Å². The minimum absolute atomic E-state index is 0.116. The quantitative estimate of drug-likeness (QED) is 0.900. The van der Waals surface area contributed by atoms with E-state index in [0.29, 0.717) is 0 Å². The van der Waals surface area contributed by atoms with Crippen LogP contribution in [-0.2, 0) is 22.9 Å². The van der Waals surface area contributed by atoms with Crippen LogP contribution >= 0.6 is 0 Å². The lowest BCUT2D eigenvalue weighted by molar-refractivity contribution is 0.400. The Bertz CT molecular complexity index is 865. The van der Waals surface area contributed by atoms with Crippen LogP contribution in [0.15, 0.2) is 41.3 Å². The van der Waals surface area contributed by atoms with E-state index in [2.05, 4.69) is 16.9 Å². The Hall–Kier alpha value is -1.92. The Kier molecular flexibility index (Phi) is 4.60. The average molecular weight is 349 g/mol. The molecule has 128 valence electrons. The van der Waals surface area contributed by atoms with Gasteiger partial charge in [-0.3, -0.25) is 0 Å². The van der Waals surface area contributed by atoms with Crippen molar-refractivity contribution in [2.45, 2.75) is 37.1 Å². The first-order valence-corrected chi connectivity index (χ1v) is 9.36. The standard InChI is InChI=1S/C18H20FNO3S/c1-12(14-7-6-13-4-3-5-15(13)10-14)20-24(21,22)18-11-16(19)8-9-17(18)23-2/h6-12,20H,3-5H2,1-2H3/t12-/m0/s1. The lowest BCUT2D eigenvalue weighted by Gasteiger charge is -2.17. The highest BCUT2D eigenvalue weighted by molar-refractivity contribution is 7.89. The molecule has 0 saturated carbocycles. The number of benzene rings is 2. The fraction of sp³-hybridized carbons (Fsp3) is 0.333. The van der Waals surface area contributed by atoms with Gasteiger partial charge >= 0.3 is 0 Å². The van der Waals surface area contributed by atoms with Crippen LogP contribution in [0, 0.1) is 5.82 Å². The summed E-state index contributed by atoms with van der Waals surface area (Å²) in [5.74, 6) is -0.508. The van der Waals surface area contributed by atoms with Gasteiger partial charge in [-0.05, 0) is 61.1 Å². The monoisotopic (exact) mass is 349 g/mol. The van der Waals surface area contributed by atoms with Gasteiger partial charge in [0, 0.05) is 6.04 Å². The fourth-order valence-electron chi connectivity index (χ4n) is 3.09. The van der Waals surface area contributed by atoms with E-state index in [-0.39, 0.29) is 10.6 Å². The predicted octanol–water partition coefficient (Wildman–Crippen LogP) is 3.36. The van der Waals surface area contributed by atoms with Crippen molar-refractivity contribution in [3.05, 3.63) is 58.9 Å². The third kappa shape index (κ3) is 3.30. The molecule has 0 aromatic heterocycles. The molecular weight excluding hydrogens is 329 g/mol. The number of sulfonamides is 1. The van der Waals surface area contributed by atoms with Gasteiger partial charge < -0.3 is 4.74 Å². The maximum Gasteiger partial charge on any atom is 0.244 e. The van der Waals surface area contributed by atoms with Gasteiger partial charge in [-0.15, -0.1) is 0 Å². The highest BCUT2D eigenvalue weighted by atomic mass is 32.2. The Labute approximate surface area is 141 Å². The van der Waals surface area contributed by atoms with E-state index >= 15 is 0 Å². The van der Waals surface area contributed by atoms with Crippen molar-refractivity contribution in [1.82, 2.24) is 4.72 Å². The van der Waals surface area contributed by atoms with Crippen LogP contribution in [0.25, 0.3) is 0 Å². The van der Waals surface area contributed by atoms with Gasteiger partial charge in [-0.2, -0.15) is 0 Å². The van der Waals surface area contributed by atoms with Crippen LogP contribution in [0.4, 0.5) is 4.39 Å². The van der Waals surface area contributed by atoms with E-state index in [1.54, 1.807) is 6.92 Å². The summed E-state index contributed by atoms with van der Waals surface area (Å²) in [5.41, 5.74) is 3.51. The third-order valence-corrected chi connectivity index (χ3v) is 5.93. The van der Waals surface area contributed by atoms with Gasteiger partial charge in [0.2, 0.25) is 10.0 Å². The minimum atomic E-state index is -3.90. The molecule has 0 spiro atoms. The largest absolute Gasteiger partial charge is 0.495 e. The third-order valence-electron chi connectivity index (χ3n) is 4.37. The van der Waals surface area contributed by atoms with Gasteiger partial charge in [0.15, 0.2) is 0 Å². The molecule has 0 saturated heterocycles. The zero-order valence-electron chi connectivity index (χ0n) is 13.7. The second-order valence-electron chi connectivity index (χ2n) is 6.02. The highest BCUT2D eigenvalue weighted by Crippen LogP contribution is 2.28. The van der Waals surface area contributed by atoms with E-state index in [0.717, 1.165) is 30.9 Å². The number of halogens is 1. The molecule has 0 heterocycles. The van der Waals surface area contributed by atoms with Gasteiger partial charge in [-0.25, -0.2) is 17.5 Å². The zero-order chi connectivity index (χ0) is 17.3. The Morgan fingerprint density at radius 2 is 1.88 bits per heavy atom.